The van der Waals surface area contributed by atoms with Gasteiger partial charge in [0.15, 0.2) is 0 Å². The van der Waals surface area contributed by atoms with Crippen LogP contribution in [0.2, 0.25) is 0 Å². The summed E-state index contributed by atoms with van der Waals surface area (Å²) in [7, 11) is 5.00. The van der Waals surface area contributed by atoms with E-state index in [0.29, 0.717) is 32.7 Å². The number of ether oxygens (including phenoxy) is 4. The Morgan fingerprint density at radius 1 is 1.06 bits per heavy atom. The zero-order valence-electron chi connectivity index (χ0n) is 21.3. The molecule has 5 atom stereocenters. The van der Waals surface area contributed by atoms with Crippen molar-refractivity contribution in [3.63, 3.8) is 0 Å². The molecule has 1 fully saturated rings. The molecule has 1 heterocycles. The van der Waals surface area contributed by atoms with Crippen molar-refractivity contribution in [2.45, 2.75) is 68.7 Å². The highest BCUT2D eigenvalue weighted by molar-refractivity contribution is 6.21. The number of benzene rings is 2. The molecule has 1 aliphatic heterocycles. The van der Waals surface area contributed by atoms with Crippen molar-refractivity contribution < 1.29 is 28.8 Å². The maximum absolute atomic E-state index is 12.9. The molecule has 3 rings (SSSR count). The highest BCUT2D eigenvalue weighted by Gasteiger charge is 2.38. The molecular weight excluding hydrogens is 482 g/mol. The van der Waals surface area contributed by atoms with E-state index in [1.54, 1.807) is 21.2 Å². The predicted molar refractivity (Wildman–Crippen MR) is 139 cm³/mol. The minimum atomic E-state index is -0.816. The van der Waals surface area contributed by atoms with Crippen LogP contribution in [0.5, 0.6) is 5.75 Å². The van der Waals surface area contributed by atoms with Crippen molar-refractivity contribution in [1.29, 1.82) is 0 Å². The van der Waals surface area contributed by atoms with Crippen molar-refractivity contribution in [2.24, 2.45) is 0 Å². The van der Waals surface area contributed by atoms with Crippen LogP contribution < -0.4 is 4.74 Å². The molecule has 1 N–H and O–H groups in total. The monoisotopic (exact) mass is 519 g/mol. The van der Waals surface area contributed by atoms with Crippen LogP contribution in [0.4, 0.5) is 0 Å². The highest BCUT2D eigenvalue weighted by atomic mass is 35.5. The van der Waals surface area contributed by atoms with Crippen LogP contribution in [0.1, 0.15) is 36.8 Å². The predicted octanol–water partition coefficient (Wildman–Crippen LogP) is 4.18. The summed E-state index contributed by atoms with van der Waals surface area (Å²) in [5.74, 6) is 0.590. The summed E-state index contributed by atoms with van der Waals surface area (Å²) in [4.78, 5) is 14.4. The van der Waals surface area contributed by atoms with E-state index in [1.165, 1.54) is 4.90 Å². The normalized spacial score (nSPS) is 24.5. The maximum atomic E-state index is 12.9. The first-order valence-corrected chi connectivity index (χ1v) is 12.9. The lowest BCUT2D eigenvalue weighted by Gasteiger charge is -2.36. The second-order valence-electron chi connectivity index (χ2n) is 9.33. The molecule has 1 saturated heterocycles. The Morgan fingerprint density at radius 3 is 2.42 bits per heavy atom. The smallest absolute Gasteiger partial charge is 0.251 e. The summed E-state index contributed by atoms with van der Waals surface area (Å²) in [6.45, 7) is 1.40. The van der Waals surface area contributed by atoms with Gasteiger partial charge in [0.25, 0.3) is 5.91 Å². The number of carbonyl (C=O) groups is 1. The maximum Gasteiger partial charge on any atom is 0.251 e. The molecule has 0 aliphatic carbocycles. The van der Waals surface area contributed by atoms with E-state index in [0.717, 1.165) is 23.3 Å². The van der Waals surface area contributed by atoms with Crippen LogP contribution in [0.15, 0.2) is 54.6 Å². The zero-order chi connectivity index (χ0) is 25.9. The zero-order valence-corrected chi connectivity index (χ0v) is 22.1. The van der Waals surface area contributed by atoms with Gasteiger partial charge in [0, 0.05) is 27.1 Å². The van der Waals surface area contributed by atoms with Gasteiger partial charge in [-0.3, -0.25) is 4.79 Å². The fourth-order valence-electron chi connectivity index (χ4n) is 4.21. The van der Waals surface area contributed by atoms with Gasteiger partial charge in [-0.25, -0.2) is 0 Å². The third-order valence-electron chi connectivity index (χ3n) is 6.31. The third kappa shape index (κ3) is 8.75. The fourth-order valence-corrected chi connectivity index (χ4v) is 4.57. The minimum Gasteiger partial charge on any atom is -0.497 e. The number of aliphatic hydroxyl groups excluding tert-OH is 1. The Balaban J connectivity index is 1.57. The number of alkyl halides is 1. The van der Waals surface area contributed by atoms with Crippen LogP contribution in [-0.2, 0) is 32.2 Å². The van der Waals surface area contributed by atoms with E-state index in [-0.39, 0.29) is 18.4 Å². The van der Waals surface area contributed by atoms with Crippen molar-refractivity contribution in [3.8, 4) is 5.75 Å². The van der Waals surface area contributed by atoms with E-state index in [4.69, 9.17) is 30.5 Å². The SMILES string of the molecule is COc1ccc(CO[C@H]2C[C@@H](C(=O)N(C)C)O[C@@H](CCCOCc3ccccc3)[C@H](Cl)C[C@H]2O)cc1. The van der Waals surface area contributed by atoms with Gasteiger partial charge in [-0.2, -0.15) is 0 Å². The Morgan fingerprint density at radius 2 is 1.75 bits per heavy atom. The van der Waals surface area contributed by atoms with E-state index < -0.39 is 23.7 Å². The first-order valence-electron chi connectivity index (χ1n) is 12.4. The Kier molecular flexibility index (Phi) is 11.5. The summed E-state index contributed by atoms with van der Waals surface area (Å²) in [5, 5.41) is 10.5. The van der Waals surface area contributed by atoms with Gasteiger partial charge >= 0.3 is 0 Å². The molecule has 0 radical (unpaired) electrons. The molecule has 1 aliphatic rings. The topological polar surface area (TPSA) is 77.5 Å². The van der Waals surface area contributed by atoms with Gasteiger partial charge < -0.3 is 29.0 Å². The lowest BCUT2D eigenvalue weighted by atomic mass is 9.95. The van der Waals surface area contributed by atoms with E-state index >= 15 is 0 Å². The van der Waals surface area contributed by atoms with Crippen molar-refractivity contribution >= 4 is 17.5 Å². The first kappa shape index (κ1) is 28.4. The molecule has 8 heteroatoms. The number of likely N-dealkylation sites (N-methyl/N-ethyl adjacent to an activating group) is 1. The van der Waals surface area contributed by atoms with Crippen molar-refractivity contribution in [1.82, 2.24) is 4.90 Å². The number of amides is 1. The second kappa shape index (κ2) is 14.5. The molecule has 0 aromatic heterocycles. The number of aliphatic hydroxyl groups is 1. The first-order chi connectivity index (χ1) is 17.4. The second-order valence-corrected chi connectivity index (χ2v) is 9.89. The van der Waals surface area contributed by atoms with Crippen LogP contribution in [0.3, 0.4) is 0 Å². The number of rotatable bonds is 11. The van der Waals surface area contributed by atoms with Crippen LogP contribution >= 0.6 is 11.6 Å². The summed E-state index contributed by atoms with van der Waals surface area (Å²) in [6, 6.07) is 17.5. The number of nitrogens with zero attached hydrogens (tertiary/aromatic N) is 1. The fraction of sp³-hybridized carbons (Fsp3) is 0.536. The number of halogens is 1. The molecule has 0 bridgehead atoms. The molecule has 1 amide bonds. The van der Waals surface area contributed by atoms with Gasteiger partial charge in [-0.05, 0) is 42.5 Å². The summed E-state index contributed by atoms with van der Waals surface area (Å²) in [6.07, 6.45) is -0.611. The average Bonchev–Trinajstić information content (AvgIpc) is 2.88. The molecule has 2 aromatic rings. The molecular formula is C28H38ClNO6. The summed E-state index contributed by atoms with van der Waals surface area (Å²) < 4.78 is 23.3. The quantitative estimate of drug-likeness (QED) is 0.354. The molecule has 198 valence electrons. The Labute approximate surface area is 219 Å². The summed E-state index contributed by atoms with van der Waals surface area (Å²) >= 11 is 6.71. The van der Waals surface area contributed by atoms with E-state index in [1.807, 2.05) is 54.6 Å². The van der Waals surface area contributed by atoms with Crippen LogP contribution in [0, 0.1) is 0 Å². The number of methoxy groups -OCH3 is 1. The Bertz CT molecular complexity index is 910. The Hall–Kier alpha value is -2.16. The third-order valence-corrected chi connectivity index (χ3v) is 6.77. The lowest BCUT2D eigenvalue weighted by molar-refractivity contribution is -0.158. The highest BCUT2D eigenvalue weighted by Crippen LogP contribution is 2.29. The lowest BCUT2D eigenvalue weighted by Crippen LogP contribution is -2.48. The molecule has 36 heavy (non-hydrogen) atoms. The van der Waals surface area contributed by atoms with Gasteiger partial charge in [0.05, 0.1) is 44.0 Å². The summed E-state index contributed by atoms with van der Waals surface area (Å²) in [5.41, 5.74) is 2.06. The van der Waals surface area contributed by atoms with Gasteiger partial charge in [0.2, 0.25) is 0 Å². The molecule has 0 saturated carbocycles. The van der Waals surface area contributed by atoms with Gasteiger partial charge in [-0.1, -0.05) is 42.5 Å². The molecule has 2 aromatic carbocycles. The van der Waals surface area contributed by atoms with Crippen LogP contribution in [0.25, 0.3) is 0 Å². The minimum absolute atomic E-state index is 0.170. The van der Waals surface area contributed by atoms with E-state index in [9.17, 15) is 9.90 Å². The van der Waals surface area contributed by atoms with Crippen molar-refractivity contribution in [2.75, 3.05) is 27.8 Å². The number of carbonyl (C=O) groups excluding carboxylic acids is 1. The van der Waals surface area contributed by atoms with Gasteiger partial charge in [-0.15, -0.1) is 11.6 Å². The standard InChI is InChI=1S/C28H38ClNO6/c1-30(2)28(32)27-17-26(35-19-21-11-13-22(33-3)14-12-21)24(31)16-23(29)25(36-27)10-7-15-34-18-20-8-5-4-6-9-20/h4-6,8-9,11-14,23-27,31H,7,10,15-19H2,1-3H3/t23-,24-,25+,26+,27+/m1/s1. The average molecular weight is 520 g/mol. The largest absolute Gasteiger partial charge is 0.497 e. The number of hydrogen-bond donors (Lipinski definition) is 1. The number of hydrogen-bond acceptors (Lipinski definition) is 6. The van der Waals surface area contributed by atoms with E-state index in [2.05, 4.69) is 0 Å². The van der Waals surface area contributed by atoms with Gasteiger partial charge in [0.1, 0.15) is 11.9 Å². The molecule has 7 nitrogen and oxygen atoms in total. The van der Waals surface area contributed by atoms with Crippen LogP contribution in [-0.4, -0.2) is 73.5 Å². The molecule has 0 spiro atoms. The van der Waals surface area contributed by atoms with Crippen molar-refractivity contribution in [3.05, 3.63) is 65.7 Å². The molecule has 0 unspecified atom stereocenters.